The average molecular weight is 291 g/mol. The molecular weight excluding hydrogens is 266 g/mol. The first kappa shape index (κ1) is 15.8. The number of carbonyl (C=O) groups excluding carboxylic acids is 1. The quantitative estimate of drug-likeness (QED) is 0.927. The first-order chi connectivity index (χ1) is 9.97. The van der Waals surface area contributed by atoms with E-state index in [0.717, 1.165) is 5.75 Å². The van der Waals surface area contributed by atoms with Gasteiger partial charge in [-0.25, -0.2) is 0 Å². The predicted octanol–water partition coefficient (Wildman–Crippen LogP) is 2.42. The number of carbonyl (C=O) groups is 1. The van der Waals surface area contributed by atoms with Crippen LogP contribution in [0.4, 0.5) is 0 Å². The van der Waals surface area contributed by atoms with Crippen molar-refractivity contribution in [2.75, 3.05) is 19.7 Å². The van der Waals surface area contributed by atoms with E-state index in [9.17, 15) is 9.90 Å². The number of hydrogen-bond acceptors (Lipinski definition) is 3. The van der Waals surface area contributed by atoms with Gasteiger partial charge in [-0.1, -0.05) is 32.9 Å². The van der Waals surface area contributed by atoms with Crippen molar-refractivity contribution < 1.29 is 14.6 Å². The number of aliphatic hydroxyl groups excluding tert-OH is 1. The molecule has 1 fully saturated rings. The van der Waals surface area contributed by atoms with Crippen LogP contribution in [0.25, 0.3) is 0 Å². The van der Waals surface area contributed by atoms with Gasteiger partial charge in [0.2, 0.25) is 0 Å². The lowest BCUT2D eigenvalue weighted by Crippen LogP contribution is -2.46. The summed E-state index contributed by atoms with van der Waals surface area (Å²) in [5.74, 6) is 1.30. The van der Waals surface area contributed by atoms with Crippen molar-refractivity contribution in [1.82, 2.24) is 4.90 Å². The standard InChI is InChI=1S/C17H25NO3/c1-12(2)14-5-4-6-15(9-14)21-11-17(20)18-8-7-16(19)13(3)10-18/h4-6,9,12-13,16,19H,7-8,10-11H2,1-3H3. The van der Waals surface area contributed by atoms with Crippen LogP contribution in [-0.4, -0.2) is 41.7 Å². The molecule has 1 aliphatic heterocycles. The highest BCUT2D eigenvalue weighted by Gasteiger charge is 2.27. The van der Waals surface area contributed by atoms with Crippen LogP contribution in [0.5, 0.6) is 5.75 Å². The monoisotopic (exact) mass is 291 g/mol. The zero-order valence-corrected chi connectivity index (χ0v) is 13.1. The topological polar surface area (TPSA) is 49.8 Å². The van der Waals surface area contributed by atoms with Crippen LogP contribution in [0.2, 0.25) is 0 Å². The third-order valence-corrected chi connectivity index (χ3v) is 4.10. The van der Waals surface area contributed by atoms with Gasteiger partial charge in [-0.15, -0.1) is 0 Å². The molecule has 4 heteroatoms. The zero-order chi connectivity index (χ0) is 15.4. The summed E-state index contributed by atoms with van der Waals surface area (Å²) in [7, 11) is 0. The molecule has 1 N–H and O–H groups in total. The van der Waals surface area contributed by atoms with Crippen LogP contribution in [0.1, 0.15) is 38.7 Å². The minimum Gasteiger partial charge on any atom is -0.484 e. The number of piperidine rings is 1. The first-order valence-corrected chi connectivity index (χ1v) is 7.66. The molecule has 0 aromatic heterocycles. The van der Waals surface area contributed by atoms with Crippen LogP contribution in [0, 0.1) is 5.92 Å². The fourth-order valence-electron chi connectivity index (χ4n) is 2.56. The van der Waals surface area contributed by atoms with E-state index in [-0.39, 0.29) is 24.5 Å². The van der Waals surface area contributed by atoms with Crippen LogP contribution >= 0.6 is 0 Å². The molecule has 116 valence electrons. The second-order valence-electron chi connectivity index (χ2n) is 6.19. The van der Waals surface area contributed by atoms with Gasteiger partial charge in [0.25, 0.3) is 5.91 Å². The summed E-state index contributed by atoms with van der Waals surface area (Å²) in [4.78, 5) is 13.9. The smallest absolute Gasteiger partial charge is 0.260 e. The Hall–Kier alpha value is -1.55. The molecule has 0 aliphatic carbocycles. The second-order valence-corrected chi connectivity index (χ2v) is 6.19. The van der Waals surface area contributed by atoms with Crippen molar-refractivity contribution in [1.29, 1.82) is 0 Å². The Morgan fingerprint density at radius 2 is 2.24 bits per heavy atom. The van der Waals surface area contributed by atoms with Gasteiger partial charge in [0.05, 0.1) is 6.10 Å². The Morgan fingerprint density at radius 1 is 1.48 bits per heavy atom. The number of likely N-dealkylation sites (tertiary alicyclic amines) is 1. The van der Waals surface area contributed by atoms with Crippen molar-refractivity contribution in [3.05, 3.63) is 29.8 Å². The third-order valence-electron chi connectivity index (χ3n) is 4.10. The molecule has 0 spiro atoms. The molecule has 2 atom stereocenters. The highest BCUT2D eigenvalue weighted by molar-refractivity contribution is 5.77. The van der Waals surface area contributed by atoms with Crippen LogP contribution in [-0.2, 0) is 4.79 Å². The lowest BCUT2D eigenvalue weighted by molar-refractivity contribution is -0.136. The van der Waals surface area contributed by atoms with Gasteiger partial charge in [0.1, 0.15) is 5.75 Å². The van der Waals surface area contributed by atoms with Gasteiger partial charge in [-0.05, 0) is 36.0 Å². The lowest BCUT2D eigenvalue weighted by Gasteiger charge is -2.34. The molecule has 21 heavy (non-hydrogen) atoms. The Bertz CT molecular complexity index is 487. The maximum atomic E-state index is 12.2. The van der Waals surface area contributed by atoms with E-state index in [1.54, 1.807) is 4.90 Å². The number of aliphatic hydroxyl groups is 1. The fourth-order valence-corrected chi connectivity index (χ4v) is 2.56. The molecule has 1 amide bonds. The number of amides is 1. The Labute approximate surface area is 126 Å². The summed E-state index contributed by atoms with van der Waals surface area (Å²) in [5.41, 5.74) is 1.20. The van der Waals surface area contributed by atoms with E-state index in [4.69, 9.17) is 4.74 Å². The zero-order valence-electron chi connectivity index (χ0n) is 13.1. The number of hydrogen-bond donors (Lipinski definition) is 1. The van der Waals surface area contributed by atoms with E-state index in [1.807, 2.05) is 25.1 Å². The van der Waals surface area contributed by atoms with Crippen LogP contribution < -0.4 is 4.74 Å². The van der Waals surface area contributed by atoms with E-state index < -0.39 is 0 Å². The molecule has 2 rings (SSSR count). The van der Waals surface area contributed by atoms with Gasteiger partial charge in [-0.3, -0.25) is 4.79 Å². The van der Waals surface area contributed by atoms with Gasteiger partial charge >= 0.3 is 0 Å². The van der Waals surface area contributed by atoms with Crippen molar-refractivity contribution in [3.63, 3.8) is 0 Å². The minimum atomic E-state index is -0.294. The minimum absolute atomic E-state index is 0.0105. The number of rotatable bonds is 4. The normalized spacial score (nSPS) is 22.4. The highest BCUT2D eigenvalue weighted by atomic mass is 16.5. The summed E-state index contributed by atoms with van der Waals surface area (Å²) in [6, 6.07) is 7.88. The molecular formula is C17H25NO3. The summed E-state index contributed by atoms with van der Waals surface area (Å²) < 4.78 is 5.62. The summed E-state index contributed by atoms with van der Waals surface area (Å²) in [6.45, 7) is 7.51. The van der Waals surface area contributed by atoms with Gasteiger partial charge in [0.15, 0.2) is 6.61 Å². The Balaban J connectivity index is 1.88. The predicted molar refractivity (Wildman–Crippen MR) is 82.4 cm³/mol. The summed E-state index contributed by atoms with van der Waals surface area (Å²) in [6.07, 6.45) is 0.355. The molecule has 1 saturated heterocycles. The van der Waals surface area contributed by atoms with Crippen molar-refractivity contribution in [2.24, 2.45) is 5.92 Å². The molecule has 4 nitrogen and oxygen atoms in total. The van der Waals surface area contributed by atoms with Crippen LogP contribution in [0.3, 0.4) is 0 Å². The summed E-state index contributed by atoms with van der Waals surface area (Å²) in [5, 5.41) is 9.70. The SMILES string of the molecule is CC(C)c1cccc(OCC(=O)N2CCC(O)C(C)C2)c1. The molecule has 0 radical (unpaired) electrons. The fraction of sp³-hybridized carbons (Fsp3) is 0.588. The van der Waals surface area contributed by atoms with Crippen LogP contribution in [0.15, 0.2) is 24.3 Å². The first-order valence-electron chi connectivity index (χ1n) is 7.66. The van der Waals surface area contributed by atoms with E-state index in [1.165, 1.54) is 5.56 Å². The molecule has 1 aliphatic rings. The van der Waals surface area contributed by atoms with Gasteiger partial charge < -0.3 is 14.7 Å². The number of benzene rings is 1. The maximum Gasteiger partial charge on any atom is 0.260 e. The lowest BCUT2D eigenvalue weighted by atomic mass is 9.97. The third kappa shape index (κ3) is 4.21. The maximum absolute atomic E-state index is 12.2. The van der Waals surface area contributed by atoms with E-state index in [2.05, 4.69) is 19.9 Å². The number of ether oxygens (including phenoxy) is 1. The Morgan fingerprint density at radius 3 is 2.90 bits per heavy atom. The van der Waals surface area contributed by atoms with Crippen molar-refractivity contribution >= 4 is 5.91 Å². The largest absolute Gasteiger partial charge is 0.484 e. The van der Waals surface area contributed by atoms with Gasteiger partial charge in [-0.2, -0.15) is 0 Å². The van der Waals surface area contributed by atoms with E-state index in [0.29, 0.717) is 25.4 Å². The van der Waals surface area contributed by atoms with Crippen molar-refractivity contribution in [2.45, 2.75) is 39.2 Å². The van der Waals surface area contributed by atoms with E-state index >= 15 is 0 Å². The Kier molecular flexibility index (Phi) is 5.23. The molecule has 1 aromatic rings. The average Bonchev–Trinajstić information content (AvgIpc) is 2.48. The molecule has 0 bridgehead atoms. The molecule has 1 aromatic carbocycles. The highest BCUT2D eigenvalue weighted by Crippen LogP contribution is 2.21. The molecule has 2 unspecified atom stereocenters. The summed E-state index contributed by atoms with van der Waals surface area (Å²) >= 11 is 0. The second kappa shape index (κ2) is 6.94. The number of nitrogens with zero attached hydrogens (tertiary/aromatic N) is 1. The molecule has 0 saturated carbocycles. The van der Waals surface area contributed by atoms with Gasteiger partial charge in [0, 0.05) is 13.1 Å². The van der Waals surface area contributed by atoms with Crippen molar-refractivity contribution in [3.8, 4) is 5.75 Å². The molecule has 1 heterocycles.